The number of carbonyl (C=O) groups excluding carboxylic acids is 2. The van der Waals surface area contributed by atoms with Gasteiger partial charge in [0.15, 0.2) is 0 Å². The molecule has 0 heterocycles. The van der Waals surface area contributed by atoms with E-state index in [-0.39, 0.29) is 29.1 Å². The minimum absolute atomic E-state index is 0.00566. The highest BCUT2D eigenvalue weighted by Crippen LogP contribution is 2.33. The zero-order chi connectivity index (χ0) is 31.4. The van der Waals surface area contributed by atoms with E-state index in [1.807, 2.05) is 25.1 Å². The number of alkyl halides is 3. The molecule has 3 aromatic rings. The van der Waals surface area contributed by atoms with Crippen molar-refractivity contribution in [1.82, 2.24) is 10.2 Å². The predicted molar refractivity (Wildman–Crippen MR) is 159 cm³/mol. The van der Waals surface area contributed by atoms with Gasteiger partial charge in [0.2, 0.25) is 11.8 Å². The summed E-state index contributed by atoms with van der Waals surface area (Å²) in [6, 6.07) is 16.0. The Morgan fingerprint density at radius 3 is 2.23 bits per heavy atom. The summed E-state index contributed by atoms with van der Waals surface area (Å²) in [4.78, 5) is 28.5. The third-order valence-electron chi connectivity index (χ3n) is 7.82. The number of aryl methyl sites for hydroxylation is 2. The minimum Gasteiger partial charge on any atom is -0.352 e. The average Bonchev–Trinajstić information content (AvgIpc) is 3.48. The summed E-state index contributed by atoms with van der Waals surface area (Å²) < 4.78 is 69.4. The van der Waals surface area contributed by atoms with Gasteiger partial charge in [-0.1, -0.05) is 60.9 Å². The SMILES string of the molecule is Cc1ccc(S(=O)(=O)N(CC(=O)N(Cc2ccccc2C)[C@@H](C)C(=O)NC2CCCC2)c2cccc(C(F)(F)F)c2)cc1. The zero-order valence-electron chi connectivity index (χ0n) is 24.4. The first kappa shape index (κ1) is 32.1. The number of carbonyl (C=O) groups is 2. The number of nitrogens with one attached hydrogen (secondary N) is 1. The van der Waals surface area contributed by atoms with Crippen LogP contribution in [0.4, 0.5) is 18.9 Å². The molecule has 0 aromatic heterocycles. The highest BCUT2D eigenvalue weighted by molar-refractivity contribution is 7.92. The van der Waals surface area contributed by atoms with Gasteiger partial charge in [0.05, 0.1) is 16.1 Å². The lowest BCUT2D eigenvalue weighted by molar-refractivity contribution is -0.139. The van der Waals surface area contributed by atoms with Crippen LogP contribution in [0.3, 0.4) is 0 Å². The summed E-state index contributed by atoms with van der Waals surface area (Å²) in [5.41, 5.74) is 1.03. The van der Waals surface area contributed by atoms with Gasteiger partial charge < -0.3 is 10.2 Å². The molecule has 0 saturated heterocycles. The number of sulfonamides is 1. The van der Waals surface area contributed by atoms with Crippen molar-refractivity contribution in [3.05, 3.63) is 95.1 Å². The van der Waals surface area contributed by atoms with Gasteiger partial charge >= 0.3 is 6.18 Å². The fraction of sp³-hybridized carbons (Fsp3) is 0.375. The van der Waals surface area contributed by atoms with E-state index >= 15 is 0 Å². The van der Waals surface area contributed by atoms with E-state index < -0.39 is 40.3 Å². The Morgan fingerprint density at radius 1 is 0.953 bits per heavy atom. The molecule has 1 N–H and O–H groups in total. The van der Waals surface area contributed by atoms with Crippen molar-refractivity contribution in [2.45, 2.75) is 76.2 Å². The number of nitrogens with zero attached hydrogens (tertiary/aromatic N) is 2. The lowest BCUT2D eigenvalue weighted by atomic mass is 10.1. The number of rotatable bonds is 10. The normalized spacial score (nSPS) is 14.7. The van der Waals surface area contributed by atoms with Crippen molar-refractivity contribution >= 4 is 27.5 Å². The van der Waals surface area contributed by atoms with Crippen LogP contribution in [0.25, 0.3) is 0 Å². The molecule has 1 aliphatic rings. The fourth-order valence-corrected chi connectivity index (χ4v) is 6.56. The monoisotopic (exact) mass is 615 g/mol. The molecule has 0 radical (unpaired) electrons. The first-order chi connectivity index (χ1) is 20.3. The molecule has 43 heavy (non-hydrogen) atoms. The molecule has 3 aromatic carbocycles. The van der Waals surface area contributed by atoms with E-state index in [4.69, 9.17) is 0 Å². The third-order valence-corrected chi connectivity index (χ3v) is 9.61. The van der Waals surface area contributed by atoms with Crippen molar-refractivity contribution in [3.63, 3.8) is 0 Å². The van der Waals surface area contributed by atoms with Crippen LogP contribution in [-0.2, 0) is 32.3 Å². The van der Waals surface area contributed by atoms with E-state index in [1.54, 1.807) is 32.0 Å². The van der Waals surface area contributed by atoms with E-state index in [2.05, 4.69) is 5.32 Å². The molecule has 1 saturated carbocycles. The van der Waals surface area contributed by atoms with Crippen LogP contribution < -0.4 is 9.62 Å². The summed E-state index contributed by atoms with van der Waals surface area (Å²) in [6.45, 7) is 4.39. The van der Waals surface area contributed by atoms with Crippen molar-refractivity contribution < 1.29 is 31.2 Å². The van der Waals surface area contributed by atoms with E-state index in [0.29, 0.717) is 10.4 Å². The average molecular weight is 616 g/mol. The molecule has 0 aliphatic heterocycles. The Hall–Kier alpha value is -3.86. The number of anilines is 1. The van der Waals surface area contributed by atoms with Gasteiger partial charge in [0.25, 0.3) is 10.0 Å². The van der Waals surface area contributed by atoms with Gasteiger partial charge in [-0.05, 0) is 75.1 Å². The molecule has 0 spiro atoms. The van der Waals surface area contributed by atoms with Crippen molar-refractivity contribution in [1.29, 1.82) is 0 Å². The van der Waals surface area contributed by atoms with Crippen molar-refractivity contribution in [3.8, 4) is 0 Å². The summed E-state index contributed by atoms with van der Waals surface area (Å²) >= 11 is 0. The van der Waals surface area contributed by atoms with E-state index in [9.17, 15) is 31.2 Å². The molecule has 11 heteroatoms. The maximum atomic E-state index is 14.1. The van der Waals surface area contributed by atoms with Gasteiger partial charge in [0, 0.05) is 12.6 Å². The highest BCUT2D eigenvalue weighted by Gasteiger charge is 2.35. The van der Waals surface area contributed by atoms with E-state index in [1.165, 1.54) is 23.1 Å². The Kier molecular flexibility index (Phi) is 9.84. The molecule has 1 aliphatic carbocycles. The smallest absolute Gasteiger partial charge is 0.352 e. The Balaban J connectivity index is 1.74. The fourth-order valence-electron chi connectivity index (χ4n) is 5.15. The second kappa shape index (κ2) is 13.2. The second-order valence-corrected chi connectivity index (χ2v) is 12.8. The largest absolute Gasteiger partial charge is 0.416 e. The van der Waals surface area contributed by atoms with Crippen molar-refractivity contribution in [2.75, 3.05) is 10.8 Å². The van der Waals surface area contributed by atoms with Crippen LogP contribution in [0.5, 0.6) is 0 Å². The lowest BCUT2D eigenvalue weighted by Crippen LogP contribution is -2.52. The van der Waals surface area contributed by atoms with Crippen LogP contribution in [-0.4, -0.2) is 43.8 Å². The topological polar surface area (TPSA) is 86.8 Å². The van der Waals surface area contributed by atoms with Crippen LogP contribution in [0, 0.1) is 13.8 Å². The molecule has 2 amide bonds. The molecule has 0 bridgehead atoms. The number of amides is 2. The summed E-state index contributed by atoms with van der Waals surface area (Å²) in [7, 11) is -4.49. The quantitative estimate of drug-likeness (QED) is 0.304. The second-order valence-electron chi connectivity index (χ2n) is 11.0. The number of halogens is 3. The van der Waals surface area contributed by atoms with Crippen LogP contribution in [0.15, 0.2) is 77.7 Å². The summed E-state index contributed by atoms with van der Waals surface area (Å²) in [5.74, 6) is -1.11. The Bertz CT molecular complexity index is 1550. The molecule has 1 fully saturated rings. The number of hydrogen-bond acceptors (Lipinski definition) is 4. The lowest BCUT2D eigenvalue weighted by Gasteiger charge is -2.33. The summed E-state index contributed by atoms with van der Waals surface area (Å²) in [6.07, 6.45) is -1.07. The summed E-state index contributed by atoms with van der Waals surface area (Å²) in [5, 5.41) is 3.00. The van der Waals surface area contributed by atoms with Crippen molar-refractivity contribution in [2.24, 2.45) is 0 Å². The van der Waals surface area contributed by atoms with Gasteiger partial charge in [0.1, 0.15) is 12.6 Å². The van der Waals surface area contributed by atoms with Crippen LogP contribution in [0.2, 0.25) is 0 Å². The van der Waals surface area contributed by atoms with Gasteiger partial charge in [-0.15, -0.1) is 0 Å². The minimum atomic E-state index is -4.73. The van der Waals surface area contributed by atoms with Crippen LogP contribution >= 0.6 is 0 Å². The van der Waals surface area contributed by atoms with Gasteiger partial charge in [-0.2, -0.15) is 13.2 Å². The molecule has 4 rings (SSSR count). The maximum Gasteiger partial charge on any atom is 0.416 e. The standard InChI is InChI=1S/C32H36F3N3O4S/c1-22-15-17-29(18-16-22)43(41,42)38(28-14-8-11-26(19-28)32(33,34)35)21-30(39)37(20-25-10-5-4-9-23(25)2)24(3)31(40)36-27-12-6-7-13-27/h4-5,8-11,14-19,24,27H,6-7,12-13,20-21H2,1-3H3,(H,36,40)/t24-/m0/s1. The Labute approximate surface area is 250 Å². The zero-order valence-corrected chi connectivity index (χ0v) is 25.2. The first-order valence-corrected chi connectivity index (χ1v) is 15.6. The Morgan fingerprint density at radius 2 is 1.60 bits per heavy atom. The van der Waals surface area contributed by atoms with E-state index in [0.717, 1.165) is 54.5 Å². The van der Waals surface area contributed by atoms with Gasteiger partial charge in [-0.25, -0.2) is 8.42 Å². The number of hydrogen-bond donors (Lipinski definition) is 1. The molecule has 0 unspecified atom stereocenters. The van der Waals surface area contributed by atoms with Crippen LogP contribution in [0.1, 0.15) is 54.9 Å². The maximum absolute atomic E-state index is 14.1. The predicted octanol–water partition coefficient (Wildman–Crippen LogP) is 5.99. The molecule has 1 atom stereocenters. The molecular formula is C32H36F3N3O4S. The molecule has 7 nitrogen and oxygen atoms in total. The van der Waals surface area contributed by atoms with Gasteiger partial charge in [-0.3, -0.25) is 13.9 Å². The molecule has 230 valence electrons. The number of benzene rings is 3. The first-order valence-electron chi connectivity index (χ1n) is 14.2. The third kappa shape index (κ3) is 7.76. The molecular weight excluding hydrogens is 579 g/mol. The highest BCUT2D eigenvalue weighted by atomic mass is 32.2.